The molecule has 0 aliphatic carbocycles. The lowest BCUT2D eigenvalue weighted by atomic mass is 10.3. The molecule has 0 saturated carbocycles. The lowest BCUT2D eigenvalue weighted by molar-refractivity contribution is 0.0648. The minimum Gasteiger partial charge on any atom is -0.389 e. The second-order valence-corrected chi connectivity index (χ2v) is 2.39. The van der Waals surface area contributed by atoms with E-state index in [1.807, 2.05) is 6.08 Å². The number of hydrogen-bond acceptors (Lipinski definition) is 3. The van der Waals surface area contributed by atoms with E-state index in [0.29, 0.717) is 13.2 Å². The molecule has 2 N–H and O–H groups in total. The summed E-state index contributed by atoms with van der Waals surface area (Å²) >= 11 is 0. The van der Waals surface area contributed by atoms with Crippen molar-refractivity contribution in [1.82, 2.24) is 5.32 Å². The van der Waals surface area contributed by atoms with Crippen LogP contribution in [-0.4, -0.2) is 38.0 Å². The zero-order chi connectivity index (χ0) is 8.53. The first kappa shape index (κ1) is 10.6. The van der Waals surface area contributed by atoms with E-state index in [2.05, 4.69) is 11.9 Å². The lowest BCUT2D eigenvalue weighted by Crippen LogP contribution is -2.30. The molecule has 0 fully saturated rings. The van der Waals surface area contributed by atoms with Crippen molar-refractivity contribution in [3.05, 3.63) is 12.7 Å². The summed E-state index contributed by atoms with van der Waals surface area (Å²) in [6, 6.07) is 0. The van der Waals surface area contributed by atoms with Crippen molar-refractivity contribution in [3.8, 4) is 0 Å². The largest absolute Gasteiger partial charge is 0.389 e. The normalized spacial score (nSPS) is 12.9. The molecule has 0 aromatic rings. The van der Waals surface area contributed by atoms with E-state index in [0.717, 1.165) is 13.0 Å². The smallest absolute Gasteiger partial charge is 0.0897 e. The molecule has 11 heavy (non-hydrogen) atoms. The Balaban J connectivity index is 3.03. The van der Waals surface area contributed by atoms with Crippen LogP contribution in [0.2, 0.25) is 0 Å². The van der Waals surface area contributed by atoms with Gasteiger partial charge in [0.25, 0.3) is 0 Å². The summed E-state index contributed by atoms with van der Waals surface area (Å²) in [4.78, 5) is 0. The minimum atomic E-state index is -0.398. The maximum Gasteiger partial charge on any atom is 0.0897 e. The van der Waals surface area contributed by atoms with E-state index in [1.165, 1.54) is 0 Å². The van der Waals surface area contributed by atoms with Crippen LogP contribution in [0.5, 0.6) is 0 Å². The van der Waals surface area contributed by atoms with Crippen LogP contribution in [0.1, 0.15) is 6.42 Å². The van der Waals surface area contributed by atoms with Gasteiger partial charge in [-0.1, -0.05) is 6.08 Å². The predicted octanol–water partition coefficient (Wildman–Crippen LogP) is 0.159. The molecule has 0 rings (SSSR count). The van der Waals surface area contributed by atoms with Crippen LogP contribution in [0, 0.1) is 0 Å². The zero-order valence-corrected chi connectivity index (χ0v) is 7.05. The van der Waals surface area contributed by atoms with Gasteiger partial charge in [-0.25, -0.2) is 0 Å². The third-order valence-electron chi connectivity index (χ3n) is 1.26. The molecule has 66 valence electrons. The first-order valence-electron chi connectivity index (χ1n) is 3.80. The average Bonchev–Trinajstić information content (AvgIpc) is 1.99. The molecular weight excluding hydrogens is 142 g/mol. The molecule has 1 unspecified atom stereocenters. The fourth-order valence-electron chi connectivity index (χ4n) is 0.724. The van der Waals surface area contributed by atoms with Gasteiger partial charge in [0.15, 0.2) is 0 Å². The third kappa shape index (κ3) is 7.52. The molecule has 3 heteroatoms. The SMILES string of the molecule is C=CCCNCC(O)COC. The van der Waals surface area contributed by atoms with E-state index >= 15 is 0 Å². The quantitative estimate of drug-likeness (QED) is 0.411. The van der Waals surface area contributed by atoms with Gasteiger partial charge in [-0.2, -0.15) is 0 Å². The summed E-state index contributed by atoms with van der Waals surface area (Å²) in [5.74, 6) is 0. The standard InChI is InChI=1S/C8H17NO2/c1-3-4-5-9-6-8(10)7-11-2/h3,8-10H,1,4-7H2,2H3. The van der Waals surface area contributed by atoms with Crippen molar-refractivity contribution in [1.29, 1.82) is 0 Å². The topological polar surface area (TPSA) is 41.5 Å². The van der Waals surface area contributed by atoms with Gasteiger partial charge < -0.3 is 15.2 Å². The molecule has 0 saturated heterocycles. The number of hydrogen-bond donors (Lipinski definition) is 2. The monoisotopic (exact) mass is 159 g/mol. The maximum atomic E-state index is 9.14. The second-order valence-electron chi connectivity index (χ2n) is 2.39. The van der Waals surface area contributed by atoms with Gasteiger partial charge >= 0.3 is 0 Å². The number of methoxy groups -OCH3 is 1. The van der Waals surface area contributed by atoms with Crippen molar-refractivity contribution >= 4 is 0 Å². The number of aliphatic hydroxyl groups excluding tert-OH is 1. The minimum absolute atomic E-state index is 0.390. The molecular formula is C8H17NO2. The van der Waals surface area contributed by atoms with Crippen LogP contribution in [0.4, 0.5) is 0 Å². The van der Waals surface area contributed by atoms with E-state index in [1.54, 1.807) is 7.11 Å². The van der Waals surface area contributed by atoms with Crippen molar-refractivity contribution in [3.63, 3.8) is 0 Å². The Morgan fingerprint density at radius 2 is 2.45 bits per heavy atom. The highest BCUT2D eigenvalue weighted by atomic mass is 16.5. The van der Waals surface area contributed by atoms with Crippen LogP contribution in [0.25, 0.3) is 0 Å². The Kier molecular flexibility index (Phi) is 7.46. The lowest BCUT2D eigenvalue weighted by Gasteiger charge is -2.09. The maximum absolute atomic E-state index is 9.14. The summed E-state index contributed by atoms with van der Waals surface area (Å²) in [6.45, 7) is 5.43. The summed E-state index contributed by atoms with van der Waals surface area (Å²) in [5.41, 5.74) is 0. The van der Waals surface area contributed by atoms with Gasteiger partial charge in [0, 0.05) is 13.7 Å². The van der Waals surface area contributed by atoms with Crippen LogP contribution in [-0.2, 0) is 4.74 Å². The van der Waals surface area contributed by atoms with E-state index in [9.17, 15) is 0 Å². The molecule has 3 nitrogen and oxygen atoms in total. The molecule has 0 bridgehead atoms. The van der Waals surface area contributed by atoms with Gasteiger partial charge in [0.05, 0.1) is 12.7 Å². The van der Waals surface area contributed by atoms with Crippen LogP contribution < -0.4 is 5.32 Å². The van der Waals surface area contributed by atoms with Gasteiger partial charge in [0.2, 0.25) is 0 Å². The van der Waals surface area contributed by atoms with Gasteiger partial charge in [0.1, 0.15) is 0 Å². The molecule has 0 aliphatic rings. The fourth-order valence-corrected chi connectivity index (χ4v) is 0.724. The summed E-state index contributed by atoms with van der Waals surface area (Å²) in [6.07, 6.45) is 2.37. The Morgan fingerprint density at radius 3 is 3.00 bits per heavy atom. The molecule has 0 aromatic carbocycles. The van der Waals surface area contributed by atoms with Crippen molar-refractivity contribution in [2.75, 3.05) is 26.8 Å². The van der Waals surface area contributed by atoms with Crippen molar-refractivity contribution in [2.24, 2.45) is 0 Å². The zero-order valence-electron chi connectivity index (χ0n) is 7.05. The number of aliphatic hydroxyl groups is 1. The Labute approximate surface area is 68.1 Å². The Hall–Kier alpha value is -0.380. The average molecular weight is 159 g/mol. The third-order valence-corrected chi connectivity index (χ3v) is 1.26. The Bertz CT molecular complexity index is 96.1. The predicted molar refractivity (Wildman–Crippen MR) is 45.6 cm³/mol. The highest BCUT2D eigenvalue weighted by Crippen LogP contribution is 1.81. The fraction of sp³-hybridized carbons (Fsp3) is 0.750. The molecule has 0 amide bonds. The summed E-state index contributed by atoms with van der Waals surface area (Å²) in [5, 5.41) is 12.2. The number of rotatable bonds is 7. The van der Waals surface area contributed by atoms with Gasteiger partial charge in [-0.3, -0.25) is 0 Å². The highest BCUT2D eigenvalue weighted by molar-refractivity contribution is 4.68. The van der Waals surface area contributed by atoms with Crippen LogP contribution in [0.3, 0.4) is 0 Å². The van der Waals surface area contributed by atoms with Gasteiger partial charge in [-0.15, -0.1) is 6.58 Å². The summed E-state index contributed by atoms with van der Waals surface area (Å²) < 4.78 is 4.75. The first-order valence-corrected chi connectivity index (χ1v) is 3.80. The molecule has 0 spiro atoms. The summed E-state index contributed by atoms with van der Waals surface area (Å²) in [7, 11) is 1.58. The molecule has 0 heterocycles. The van der Waals surface area contributed by atoms with Crippen LogP contribution >= 0.6 is 0 Å². The first-order chi connectivity index (χ1) is 5.31. The number of ether oxygens (including phenoxy) is 1. The molecule has 1 atom stereocenters. The number of nitrogens with one attached hydrogen (secondary N) is 1. The molecule has 0 aromatic heterocycles. The molecule has 0 aliphatic heterocycles. The second kappa shape index (κ2) is 7.72. The highest BCUT2D eigenvalue weighted by Gasteiger charge is 2.00. The van der Waals surface area contributed by atoms with Crippen LogP contribution in [0.15, 0.2) is 12.7 Å². The van der Waals surface area contributed by atoms with E-state index in [-0.39, 0.29) is 0 Å². The van der Waals surface area contributed by atoms with Crippen molar-refractivity contribution < 1.29 is 9.84 Å². The Morgan fingerprint density at radius 1 is 1.73 bits per heavy atom. The molecule has 0 radical (unpaired) electrons. The van der Waals surface area contributed by atoms with E-state index < -0.39 is 6.10 Å². The van der Waals surface area contributed by atoms with E-state index in [4.69, 9.17) is 9.84 Å². The van der Waals surface area contributed by atoms with Crippen molar-refractivity contribution in [2.45, 2.75) is 12.5 Å². The van der Waals surface area contributed by atoms with Gasteiger partial charge in [-0.05, 0) is 13.0 Å².